The molecule has 0 aliphatic rings. The number of hydrogen-bond donors (Lipinski definition) is 2. The highest BCUT2D eigenvalue weighted by Crippen LogP contribution is 2.30. The number of rotatable bonds is 6. The summed E-state index contributed by atoms with van der Waals surface area (Å²) in [4.78, 5) is 26.8. The molecule has 3 N–H and O–H groups in total. The van der Waals surface area contributed by atoms with E-state index in [9.17, 15) is 9.59 Å². The van der Waals surface area contributed by atoms with Crippen LogP contribution in [0.15, 0.2) is 66.0 Å². The standard InChI is InChI=1S/C19H17ClN4O2S/c20-14-7-4-8-15(11-14)24-16(13-5-2-1-3-6-13)12-22-19(24)27-10-9-17(25)23-18(21)26/h1-8,11-12H,9-10H2,(H3,21,23,25,26). The maximum Gasteiger partial charge on any atom is 0.318 e. The molecular formula is C19H17ClN4O2S. The second kappa shape index (κ2) is 8.75. The minimum absolute atomic E-state index is 0.149. The van der Waals surface area contributed by atoms with Gasteiger partial charge in [0.25, 0.3) is 0 Å². The van der Waals surface area contributed by atoms with Gasteiger partial charge in [-0.1, -0.05) is 59.8 Å². The van der Waals surface area contributed by atoms with E-state index in [0.717, 1.165) is 22.1 Å². The molecule has 0 bridgehead atoms. The van der Waals surface area contributed by atoms with E-state index >= 15 is 0 Å². The average molecular weight is 401 g/mol. The summed E-state index contributed by atoms with van der Waals surface area (Å²) in [7, 11) is 0. The SMILES string of the molecule is NC(=O)NC(=O)CCSc1ncc(-c2ccccc2)n1-c1cccc(Cl)c1. The van der Waals surface area contributed by atoms with E-state index in [4.69, 9.17) is 17.3 Å². The van der Waals surface area contributed by atoms with Crippen LogP contribution in [0.3, 0.4) is 0 Å². The summed E-state index contributed by atoms with van der Waals surface area (Å²) in [5, 5.41) is 3.40. The Kier molecular flexibility index (Phi) is 6.16. The van der Waals surface area contributed by atoms with Gasteiger partial charge in [-0.3, -0.25) is 14.7 Å². The summed E-state index contributed by atoms with van der Waals surface area (Å²) in [6.07, 6.45) is 1.94. The first-order valence-corrected chi connectivity index (χ1v) is 9.52. The van der Waals surface area contributed by atoms with Crippen LogP contribution in [0, 0.1) is 0 Å². The number of benzene rings is 2. The molecule has 138 valence electrons. The number of nitrogens with zero attached hydrogens (tertiary/aromatic N) is 2. The number of carbonyl (C=O) groups excluding carboxylic acids is 2. The number of amides is 3. The number of primary amides is 1. The number of halogens is 1. The molecule has 2 aromatic carbocycles. The van der Waals surface area contributed by atoms with Crippen LogP contribution < -0.4 is 11.1 Å². The van der Waals surface area contributed by atoms with E-state index in [1.54, 1.807) is 6.20 Å². The van der Waals surface area contributed by atoms with Crippen molar-refractivity contribution in [2.24, 2.45) is 5.73 Å². The predicted octanol–water partition coefficient (Wildman–Crippen LogP) is 3.87. The first-order valence-electron chi connectivity index (χ1n) is 8.16. The van der Waals surface area contributed by atoms with Crippen LogP contribution in [0.2, 0.25) is 5.02 Å². The van der Waals surface area contributed by atoms with E-state index in [-0.39, 0.29) is 6.42 Å². The van der Waals surface area contributed by atoms with Crippen molar-refractivity contribution < 1.29 is 9.59 Å². The van der Waals surface area contributed by atoms with Crippen LogP contribution in [-0.2, 0) is 4.79 Å². The zero-order chi connectivity index (χ0) is 19.2. The highest BCUT2D eigenvalue weighted by atomic mass is 35.5. The van der Waals surface area contributed by atoms with Crippen molar-refractivity contribution in [3.8, 4) is 16.9 Å². The Morgan fingerprint density at radius 1 is 1.15 bits per heavy atom. The molecule has 3 rings (SSSR count). The number of thioether (sulfide) groups is 1. The summed E-state index contributed by atoms with van der Waals surface area (Å²) in [6, 6.07) is 16.5. The molecular weight excluding hydrogens is 384 g/mol. The van der Waals surface area contributed by atoms with Gasteiger partial charge < -0.3 is 5.73 Å². The van der Waals surface area contributed by atoms with E-state index in [1.165, 1.54) is 11.8 Å². The lowest BCUT2D eigenvalue weighted by Crippen LogP contribution is -2.35. The Balaban J connectivity index is 1.89. The number of urea groups is 1. The Hall–Kier alpha value is -2.77. The molecule has 3 amide bonds. The summed E-state index contributed by atoms with van der Waals surface area (Å²) >= 11 is 7.58. The number of carbonyl (C=O) groups is 2. The number of hydrogen-bond acceptors (Lipinski definition) is 4. The number of aromatic nitrogens is 2. The summed E-state index contributed by atoms with van der Waals surface area (Å²) in [5.41, 5.74) is 7.76. The van der Waals surface area contributed by atoms with Crippen molar-refractivity contribution in [1.82, 2.24) is 14.9 Å². The van der Waals surface area contributed by atoms with E-state index in [1.807, 2.05) is 59.2 Å². The van der Waals surface area contributed by atoms with Crippen molar-refractivity contribution in [2.75, 3.05) is 5.75 Å². The van der Waals surface area contributed by atoms with Crippen LogP contribution in [-0.4, -0.2) is 27.2 Å². The molecule has 0 aliphatic heterocycles. The molecule has 27 heavy (non-hydrogen) atoms. The Bertz CT molecular complexity index is 959. The fraction of sp³-hybridized carbons (Fsp3) is 0.105. The number of imide groups is 1. The monoisotopic (exact) mass is 400 g/mol. The normalized spacial score (nSPS) is 10.6. The van der Waals surface area contributed by atoms with Crippen LogP contribution in [0.1, 0.15) is 6.42 Å². The molecule has 1 heterocycles. The van der Waals surface area contributed by atoms with E-state index < -0.39 is 11.9 Å². The first-order chi connectivity index (χ1) is 13.0. The second-order valence-electron chi connectivity index (χ2n) is 5.62. The van der Waals surface area contributed by atoms with Gasteiger partial charge in [-0.2, -0.15) is 0 Å². The van der Waals surface area contributed by atoms with Gasteiger partial charge in [0, 0.05) is 28.4 Å². The van der Waals surface area contributed by atoms with Crippen molar-refractivity contribution in [3.63, 3.8) is 0 Å². The Morgan fingerprint density at radius 2 is 1.93 bits per heavy atom. The maximum atomic E-state index is 11.6. The number of nitrogens with two attached hydrogens (primary N) is 1. The topological polar surface area (TPSA) is 90.0 Å². The Labute approximate surface area is 165 Å². The van der Waals surface area contributed by atoms with E-state index in [2.05, 4.69) is 10.3 Å². The lowest BCUT2D eigenvalue weighted by Gasteiger charge is -2.12. The number of nitrogens with one attached hydrogen (secondary N) is 1. The molecule has 8 heteroatoms. The third-order valence-corrected chi connectivity index (χ3v) is 4.88. The lowest BCUT2D eigenvalue weighted by molar-refractivity contribution is -0.119. The third kappa shape index (κ3) is 4.90. The lowest BCUT2D eigenvalue weighted by atomic mass is 10.1. The fourth-order valence-corrected chi connectivity index (χ4v) is 3.66. The van der Waals surface area contributed by atoms with Gasteiger partial charge in [0.2, 0.25) is 5.91 Å². The molecule has 0 radical (unpaired) electrons. The van der Waals surface area contributed by atoms with Crippen LogP contribution >= 0.6 is 23.4 Å². The van der Waals surface area contributed by atoms with Gasteiger partial charge in [0.1, 0.15) is 0 Å². The minimum Gasteiger partial charge on any atom is -0.351 e. The Morgan fingerprint density at radius 3 is 2.63 bits per heavy atom. The maximum absolute atomic E-state index is 11.6. The van der Waals surface area contributed by atoms with Gasteiger partial charge in [-0.15, -0.1) is 0 Å². The van der Waals surface area contributed by atoms with Crippen molar-refractivity contribution in [3.05, 3.63) is 65.8 Å². The second-order valence-corrected chi connectivity index (χ2v) is 7.12. The first kappa shape index (κ1) is 19.0. The third-order valence-electron chi connectivity index (χ3n) is 3.69. The highest BCUT2D eigenvalue weighted by molar-refractivity contribution is 7.99. The van der Waals surface area contributed by atoms with Gasteiger partial charge in [-0.25, -0.2) is 9.78 Å². The van der Waals surface area contributed by atoms with Crippen molar-refractivity contribution in [2.45, 2.75) is 11.6 Å². The molecule has 0 fully saturated rings. The van der Waals surface area contributed by atoms with Gasteiger partial charge >= 0.3 is 6.03 Å². The predicted molar refractivity (Wildman–Crippen MR) is 107 cm³/mol. The molecule has 0 saturated carbocycles. The minimum atomic E-state index is -0.850. The summed E-state index contributed by atoms with van der Waals surface area (Å²) in [6.45, 7) is 0. The van der Waals surface area contributed by atoms with Gasteiger partial charge in [-0.05, 0) is 18.2 Å². The van der Waals surface area contributed by atoms with E-state index in [0.29, 0.717) is 10.8 Å². The van der Waals surface area contributed by atoms with Gasteiger partial charge in [0.15, 0.2) is 5.16 Å². The van der Waals surface area contributed by atoms with Crippen molar-refractivity contribution >= 4 is 35.3 Å². The smallest absolute Gasteiger partial charge is 0.318 e. The average Bonchev–Trinajstić information content (AvgIpc) is 3.06. The molecule has 0 unspecified atom stereocenters. The summed E-state index contributed by atoms with van der Waals surface area (Å²) < 4.78 is 2.00. The molecule has 0 spiro atoms. The molecule has 0 aliphatic carbocycles. The fourth-order valence-electron chi connectivity index (χ4n) is 2.55. The number of imidazole rings is 1. The zero-order valence-electron chi connectivity index (χ0n) is 14.3. The van der Waals surface area contributed by atoms with Crippen molar-refractivity contribution in [1.29, 1.82) is 0 Å². The molecule has 0 atom stereocenters. The molecule has 6 nitrogen and oxygen atoms in total. The van der Waals surface area contributed by atoms with Gasteiger partial charge in [0.05, 0.1) is 11.9 Å². The molecule has 3 aromatic rings. The summed E-state index contributed by atoms with van der Waals surface area (Å²) in [5.74, 6) is 0.0319. The quantitative estimate of drug-likeness (QED) is 0.614. The van der Waals surface area contributed by atoms with Crippen LogP contribution in [0.5, 0.6) is 0 Å². The highest BCUT2D eigenvalue weighted by Gasteiger charge is 2.15. The zero-order valence-corrected chi connectivity index (χ0v) is 15.8. The molecule has 0 saturated heterocycles. The molecule has 1 aromatic heterocycles. The van der Waals surface area contributed by atoms with Crippen LogP contribution in [0.25, 0.3) is 16.9 Å². The van der Waals surface area contributed by atoms with Crippen LogP contribution in [0.4, 0.5) is 4.79 Å². The largest absolute Gasteiger partial charge is 0.351 e.